The quantitative estimate of drug-likeness (QED) is 0.605. The molecule has 0 bridgehead atoms. The van der Waals surface area contributed by atoms with Gasteiger partial charge >= 0.3 is 0 Å². The molecule has 0 unspecified atom stereocenters. The Hall–Kier alpha value is -3.17. The van der Waals surface area contributed by atoms with Crippen LogP contribution in [0.25, 0.3) is 0 Å². The lowest BCUT2D eigenvalue weighted by atomic mass is 10.2. The lowest BCUT2D eigenvalue weighted by Crippen LogP contribution is -2.32. The average Bonchev–Trinajstić information content (AvgIpc) is 3.58. The van der Waals surface area contributed by atoms with Gasteiger partial charge in [-0.1, -0.05) is 30.3 Å². The van der Waals surface area contributed by atoms with Gasteiger partial charge in [-0.05, 0) is 48.6 Å². The molecule has 2 aromatic carbocycles. The molecule has 1 fully saturated rings. The van der Waals surface area contributed by atoms with Crippen LogP contribution < -0.4 is 10.2 Å². The molecule has 6 nitrogen and oxygen atoms in total. The molecule has 1 saturated carbocycles. The van der Waals surface area contributed by atoms with Crippen molar-refractivity contribution >= 4 is 23.2 Å². The Kier molecular flexibility index (Phi) is 7.99. The highest BCUT2D eigenvalue weighted by atomic mass is 16.5. The highest BCUT2D eigenvalue weighted by Crippen LogP contribution is 2.29. The van der Waals surface area contributed by atoms with Crippen LogP contribution in [0.4, 0.5) is 11.4 Å². The second-order valence-corrected chi connectivity index (χ2v) is 7.50. The zero-order valence-corrected chi connectivity index (χ0v) is 17.0. The van der Waals surface area contributed by atoms with E-state index in [1.165, 1.54) is 12.8 Å². The lowest BCUT2D eigenvalue weighted by Gasteiger charge is -2.21. The molecule has 0 aliphatic heterocycles. The number of benzene rings is 2. The Morgan fingerprint density at radius 2 is 1.90 bits per heavy atom. The summed E-state index contributed by atoms with van der Waals surface area (Å²) in [6.45, 7) is 1.63. The van der Waals surface area contributed by atoms with Gasteiger partial charge in [-0.25, -0.2) is 0 Å². The summed E-state index contributed by atoms with van der Waals surface area (Å²) in [6.07, 6.45) is 2.91. The number of nitrogens with one attached hydrogen (secondary N) is 1. The maximum atomic E-state index is 12.7. The van der Waals surface area contributed by atoms with Gasteiger partial charge in [0.05, 0.1) is 19.1 Å². The molecule has 0 spiro atoms. The minimum absolute atomic E-state index is 0.0797. The Balaban J connectivity index is 1.49. The number of anilines is 2. The normalized spacial score (nSPS) is 12.8. The molecule has 0 aromatic heterocycles. The second-order valence-electron chi connectivity index (χ2n) is 7.50. The number of ether oxygens (including phenoxy) is 1. The summed E-state index contributed by atoms with van der Waals surface area (Å²) >= 11 is 0. The van der Waals surface area contributed by atoms with E-state index in [4.69, 9.17) is 10.00 Å². The summed E-state index contributed by atoms with van der Waals surface area (Å²) in [6, 6.07) is 18.9. The van der Waals surface area contributed by atoms with E-state index < -0.39 is 0 Å². The summed E-state index contributed by atoms with van der Waals surface area (Å²) in [4.78, 5) is 26.6. The van der Waals surface area contributed by atoms with Crippen LogP contribution in [0.5, 0.6) is 0 Å². The number of carbonyl (C=O) groups is 2. The lowest BCUT2D eigenvalue weighted by molar-refractivity contribution is -0.122. The van der Waals surface area contributed by atoms with Crippen molar-refractivity contribution in [3.63, 3.8) is 0 Å². The first-order chi connectivity index (χ1) is 14.7. The van der Waals surface area contributed by atoms with Crippen molar-refractivity contribution in [3.8, 4) is 6.07 Å². The van der Waals surface area contributed by atoms with Gasteiger partial charge in [0.15, 0.2) is 0 Å². The van der Waals surface area contributed by atoms with Crippen molar-refractivity contribution in [2.45, 2.75) is 38.7 Å². The number of nitrogens with zero attached hydrogens (tertiary/aromatic N) is 2. The van der Waals surface area contributed by atoms with Crippen molar-refractivity contribution < 1.29 is 14.3 Å². The number of hydrogen-bond donors (Lipinski definition) is 1. The molecular weight excluding hydrogens is 378 g/mol. The van der Waals surface area contributed by atoms with E-state index in [0.717, 1.165) is 17.9 Å². The number of nitriles is 1. The third-order valence-electron chi connectivity index (χ3n) is 4.91. The summed E-state index contributed by atoms with van der Waals surface area (Å²) in [5.41, 5.74) is 2.44. The fourth-order valence-corrected chi connectivity index (χ4v) is 3.11. The zero-order chi connectivity index (χ0) is 21.2. The van der Waals surface area contributed by atoms with Crippen LogP contribution in [0.3, 0.4) is 0 Å². The molecule has 3 rings (SSSR count). The molecule has 1 aliphatic rings. The third-order valence-corrected chi connectivity index (χ3v) is 4.91. The molecule has 1 aliphatic carbocycles. The highest BCUT2D eigenvalue weighted by molar-refractivity contribution is 5.98. The number of hydrogen-bond acceptors (Lipinski definition) is 4. The van der Waals surface area contributed by atoms with Crippen molar-refractivity contribution in [2.75, 3.05) is 23.4 Å². The Labute approximate surface area is 177 Å². The smallest absolute Gasteiger partial charge is 0.227 e. The minimum Gasteiger partial charge on any atom is -0.376 e. The van der Waals surface area contributed by atoms with E-state index in [2.05, 4.69) is 11.4 Å². The first kappa shape index (κ1) is 21.5. The summed E-state index contributed by atoms with van der Waals surface area (Å²) in [5, 5.41) is 11.7. The molecule has 156 valence electrons. The van der Waals surface area contributed by atoms with Gasteiger partial charge in [0.25, 0.3) is 0 Å². The molecule has 30 heavy (non-hydrogen) atoms. The molecule has 0 atom stereocenters. The van der Waals surface area contributed by atoms with E-state index in [1.54, 1.807) is 4.90 Å². The molecule has 6 heteroatoms. The van der Waals surface area contributed by atoms with Crippen LogP contribution in [-0.2, 0) is 20.9 Å². The Bertz CT molecular complexity index is 888. The van der Waals surface area contributed by atoms with Crippen LogP contribution in [0, 0.1) is 17.2 Å². The maximum Gasteiger partial charge on any atom is 0.227 e. The van der Waals surface area contributed by atoms with Crippen LogP contribution in [-0.4, -0.2) is 25.0 Å². The van der Waals surface area contributed by atoms with E-state index in [0.29, 0.717) is 24.8 Å². The number of amides is 2. The van der Waals surface area contributed by atoms with Crippen LogP contribution in [0.1, 0.15) is 37.7 Å². The largest absolute Gasteiger partial charge is 0.376 e. The Morgan fingerprint density at radius 3 is 2.63 bits per heavy atom. The van der Waals surface area contributed by atoms with Gasteiger partial charge in [-0.15, -0.1) is 0 Å². The van der Waals surface area contributed by atoms with Crippen LogP contribution >= 0.6 is 0 Å². The predicted octanol–water partition coefficient (Wildman–Crippen LogP) is 4.28. The standard InChI is InChI=1S/C24H27N3O3/c25-14-5-15-27(22-8-2-1-3-9-22)24(29)13-12-23(28)26-21-7-4-6-20(16-21)18-30-17-19-10-11-19/h1-4,6-9,16,19H,5,10-13,15,17-18H2,(H,26,28). The molecule has 1 N–H and O–H groups in total. The van der Waals surface area contributed by atoms with Gasteiger partial charge in [-0.3, -0.25) is 9.59 Å². The van der Waals surface area contributed by atoms with Gasteiger partial charge in [0, 0.05) is 37.4 Å². The molecule has 0 saturated heterocycles. The highest BCUT2D eigenvalue weighted by Gasteiger charge is 2.21. The van der Waals surface area contributed by atoms with E-state index in [1.807, 2.05) is 54.6 Å². The van der Waals surface area contributed by atoms with Gasteiger partial charge in [0.2, 0.25) is 11.8 Å². The SMILES string of the molecule is N#CCCN(C(=O)CCC(=O)Nc1cccc(COCC2CC2)c1)c1ccccc1. The number of carbonyl (C=O) groups excluding carboxylic acids is 2. The average molecular weight is 405 g/mol. The van der Waals surface area contributed by atoms with Gasteiger partial charge in [0.1, 0.15) is 0 Å². The molecule has 0 radical (unpaired) electrons. The van der Waals surface area contributed by atoms with Crippen LogP contribution in [0.2, 0.25) is 0 Å². The number of para-hydroxylation sites is 1. The number of rotatable bonds is 11. The fraction of sp³-hybridized carbons (Fsp3) is 0.375. The second kappa shape index (κ2) is 11.1. The molecular formula is C24H27N3O3. The first-order valence-electron chi connectivity index (χ1n) is 10.3. The van der Waals surface area contributed by atoms with Crippen molar-refractivity contribution in [1.29, 1.82) is 5.26 Å². The van der Waals surface area contributed by atoms with Crippen molar-refractivity contribution in [1.82, 2.24) is 0 Å². The molecule has 2 amide bonds. The van der Waals surface area contributed by atoms with E-state index in [-0.39, 0.29) is 31.1 Å². The summed E-state index contributed by atoms with van der Waals surface area (Å²) in [5.74, 6) is 0.329. The topological polar surface area (TPSA) is 82.4 Å². The minimum atomic E-state index is -0.215. The first-order valence-corrected chi connectivity index (χ1v) is 10.3. The van der Waals surface area contributed by atoms with Crippen molar-refractivity contribution in [2.24, 2.45) is 5.92 Å². The maximum absolute atomic E-state index is 12.7. The van der Waals surface area contributed by atoms with Crippen molar-refractivity contribution in [3.05, 3.63) is 60.2 Å². The van der Waals surface area contributed by atoms with Crippen LogP contribution in [0.15, 0.2) is 54.6 Å². The van der Waals surface area contributed by atoms with E-state index in [9.17, 15) is 9.59 Å². The third kappa shape index (κ3) is 7.02. The molecule has 0 heterocycles. The summed E-state index contributed by atoms with van der Waals surface area (Å²) < 4.78 is 5.70. The van der Waals surface area contributed by atoms with Gasteiger partial charge in [-0.2, -0.15) is 5.26 Å². The summed E-state index contributed by atoms with van der Waals surface area (Å²) in [7, 11) is 0. The fourth-order valence-electron chi connectivity index (χ4n) is 3.11. The molecule has 2 aromatic rings. The monoisotopic (exact) mass is 405 g/mol. The Morgan fingerprint density at radius 1 is 1.10 bits per heavy atom. The predicted molar refractivity (Wildman–Crippen MR) is 116 cm³/mol. The zero-order valence-electron chi connectivity index (χ0n) is 17.0. The van der Waals surface area contributed by atoms with E-state index >= 15 is 0 Å². The van der Waals surface area contributed by atoms with Gasteiger partial charge < -0.3 is 15.0 Å².